The zero-order valence-corrected chi connectivity index (χ0v) is 14.0. The van der Waals surface area contributed by atoms with Crippen molar-refractivity contribution >= 4 is 11.6 Å². The average molecular weight is 359 g/mol. The van der Waals surface area contributed by atoms with Crippen molar-refractivity contribution in [2.75, 3.05) is 0 Å². The lowest BCUT2D eigenvalue weighted by molar-refractivity contribution is -0.140. The second-order valence-electron chi connectivity index (χ2n) is 8.82. The number of carbonyl (C=O) groups excluding carboxylic acids is 2. The number of aromatic nitrogens is 3. The van der Waals surface area contributed by atoms with Gasteiger partial charge >= 0.3 is 11.4 Å². The molecule has 2 aliphatic heterocycles. The Balaban J connectivity index is 1.50. The Bertz CT molecular complexity index is 1240. The summed E-state index contributed by atoms with van der Waals surface area (Å²) >= 11 is 0. The number of rotatable bonds is 1. The molecule has 7 aliphatic rings. The highest BCUT2D eigenvalue weighted by Crippen LogP contribution is 3.03. The fraction of sp³-hybridized carbons (Fsp3) is 0.400. The summed E-state index contributed by atoms with van der Waals surface area (Å²) in [4.78, 5) is 52.6. The minimum atomic E-state index is -0.771. The average Bonchev–Trinajstić information content (AvgIpc) is 3.45. The molecule has 1 aromatic heterocycles. The molecule has 27 heavy (non-hydrogen) atoms. The smallest absolute Gasteiger partial charge is 0.294 e. The minimum absolute atomic E-state index is 0.0152. The summed E-state index contributed by atoms with van der Waals surface area (Å²) in [6.07, 6.45) is 2.81. The van der Waals surface area contributed by atoms with E-state index < -0.39 is 22.2 Å². The van der Waals surface area contributed by atoms with E-state index in [9.17, 15) is 19.2 Å². The summed E-state index contributed by atoms with van der Waals surface area (Å²) < 4.78 is 4.26. The van der Waals surface area contributed by atoms with Crippen molar-refractivity contribution in [2.24, 2.45) is 34.5 Å². The van der Waals surface area contributed by atoms with Gasteiger partial charge in [-0.15, -0.1) is 0 Å². The number of benzene rings is 1. The molecule has 0 radical (unpaired) electrons. The van der Waals surface area contributed by atoms with Crippen LogP contribution in [0.15, 0.2) is 52.1 Å². The van der Waals surface area contributed by atoms with Crippen molar-refractivity contribution in [3.8, 4) is 5.69 Å². The van der Waals surface area contributed by atoms with Crippen LogP contribution in [0.25, 0.3) is 5.69 Å². The SMILES string of the molecule is O=C1C=CC(=O)C23C4C5C6C5C2C13C6n1c(=O)n(-c2ccccc2)c(=O)n14. The van der Waals surface area contributed by atoms with Gasteiger partial charge in [0.25, 0.3) is 0 Å². The van der Waals surface area contributed by atoms with Crippen molar-refractivity contribution < 1.29 is 9.59 Å². The van der Waals surface area contributed by atoms with Gasteiger partial charge < -0.3 is 0 Å². The number of para-hydroxylation sites is 1. The molecule has 9 rings (SSSR count). The van der Waals surface area contributed by atoms with E-state index in [1.807, 2.05) is 6.07 Å². The van der Waals surface area contributed by atoms with Crippen LogP contribution in [0, 0.1) is 34.5 Å². The van der Waals surface area contributed by atoms with Gasteiger partial charge in [0.15, 0.2) is 11.6 Å². The maximum absolute atomic E-state index is 13.3. The molecule has 1 aromatic carbocycles. The van der Waals surface area contributed by atoms with Crippen molar-refractivity contribution in [1.82, 2.24) is 13.9 Å². The van der Waals surface area contributed by atoms with Crippen molar-refractivity contribution in [2.45, 2.75) is 12.1 Å². The fourth-order valence-electron chi connectivity index (χ4n) is 8.21. The molecule has 2 spiro atoms. The zero-order valence-electron chi connectivity index (χ0n) is 14.0. The van der Waals surface area contributed by atoms with Gasteiger partial charge in [-0.3, -0.25) is 9.59 Å². The van der Waals surface area contributed by atoms with Crippen LogP contribution in [0.4, 0.5) is 0 Å². The molecule has 2 bridgehead atoms. The first-order chi connectivity index (χ1) is 13.1. The predicted octanol–water partition coefficient (Wildman–Crippen LogP) is 0.0965. The highest BCUT2D eigenvalue weighted by Gasteiger charge is 3.07. The van der Waals surface area contributed by atoms with Gasteiger partial charge in [0.2, 0.25) is 0 Å². The van der Waals surface area contributed by atoms with Crippen LogP contribution in [0.2, 0.25) is 0 Å². The molecular weight excluding hydrogens is 346 g/mol. The topological polar surface area (TPSA) is 83.1 Å². The summed E-state index contributed by atoms with van der Waals surface area (Å²) in [7, 11) is 0. The monoisotopic (exact) mass is 359 g/mol. The van der Waals surface area contributed by atoms with Crippen LogP contribution in [0.5, 0.6) is 0 Å². The Kier molecular flexibility index (Phi) is 1.63. The number of allylic oxidation sites excluding steroid dienone is 2. The standard InChI is InChI=1S/C20H13N3O4/c24-9-6-7-10(25)20-14-11-12-13(11)16(20)23-18(27)21(8-4-2-1-3-5-8)17(26)22(23)15(12)19(9,14)20/h1-7,11-16H. The number of nitrogens with zero attached hydrogens (tertiary/aromatic N) is 3. The van der Waals surface area contributed by atoms with Gasteiger partial charge in [0.05, 0.1) is 28.6 Å². The second-order valence-corrected chi connectivity index (χ2v) is 8.82. The molecule has 0 N–H and O–H groups in total. The van der Waals surface area contributed by atoms with Gasteiger partial charge in [0.1, 0.15) is 0 Å². The third-order valence-electron chi connectivity index (χ3n) is 8.57. The second kappa shape index (κ2) is 3.32. The summed E-state index contributed by atoms with van der Waals surface area (Å²) in [5.41, 5.74) is -1.81. The molecule has 4 saturated carbocycles. The highest BCUT2D eigenvalue weighted by molar-refractivity contribution is 6.18. The molecule has 2 aromatic rings. The molecule has 132 valence electrons. The van der Waals surface area contributed by atoms with E-state index in [1.165, 1.54) is 26.1 Å². The number of hydrogen-bond acceptors (Lipinski definition) is 4. The zero-order chi connectivity index (χ0) is 18.0. The summed E-state index contributed by atoms with van der Waals surface area (Å²) in [5.74, 6) is 0.796. The van der Waals surface area contributed by atoms with Crippen molar-refractivity contribution in [3.63, 3.8) is 0 Å². The lowest BCUT2D eigenvalue weighted by Crippen LogP contribution is -2.57. The molecule has 3 heterocycles. The van der Waals surface area contributed by atoms with E-state index >= 15 is 0 Å². The molecule has 7 nitrogen and oxygen atoms in total. The third-order valence-corrected chi connectivity index (χ3v) is 8.57. The molecular formula is C20H13N3O4. The highest BCUT2D eigenvalue weighted by atomic mass is 16.2. The van der Waals surface area contributed by atoms with E-state index in [0.717, 1.165) is 0 Å². The fourth-order valence-corrected chi connectivity index (χ4v) is 8.21. The van der Waals surface area contributed by atoms with E-state index in [0.29, 0.717) is 11.6 Å². The Labute approximate surface area is 151 Å². The van der Waals surface area contributed by atoms with Crippen LogP contribution in [0.3, 0.4) is 0 Å². The molecule has 5 aliphatic carbocycles. The largest absolute Gasteiger partial charge is 0.352 e. The third kappa shape index (κ3) is 0.890. The molecule has 6 atom stereocenters. The van der Waals surface area contributed by atoms with Crippen LogP contribution in [0.1, 0.15) is 12.1 Å². The molecule has 0 saturated heterocycles. The van der Waals surface area contributed by atoms with Gasteiger partial charge in [-0.25, -0.2) is 23.5 Å². The first-order valence-corrected chi connectivity index (χ1v) is 9.38. The van der Waals surface area contributed by atoms with Crippen molar-refractivity contribution in [3.05, 3.63) is 63.5 Å². The Morgan fingerprint density at radius 1 is 0.704 bits per heavy atom. The van der Waals surface area contributed by atoms with Crippen LogP contribution >= 0.6 is 0 Å². The maximum atomic E-state index is 13.3. The first kappa shape index (κ1) is 13.2. The molecule has 7 heteroatoms. The Hall–Kier alpha value is -2.96. The van der Waals surface area contributed by atoms with E-state index in [1.54, 1.807) is 24.3 Å². The van der Waals surface area contributed by atoms with E-state index in [4.69, 9.17) is 0 Å². The lowest BCUT2D eigenvalue weighted by atomic mass is 9.65. The predicted molar refractivity (Wildman–Crippen MR) is 90.3 cm³/mol. The van der Waals surface area contributed by atoms with Gasteiger partial charge in [0, 0.05) is 0 Å². The normalized spacial score (nSPS) is 47.9. The molecule has 4 fully saturated rings. The van der Waals surface area contributed by atoms with Gasteiger partial charge in [-0.1, -0.05) is 18.2 Å². The summed E-state index contributed by atoms with van der Waals surface area (Å²) in [5, 5.41) is 0. The van der Waals surface area contributed by atoms with Gasteiger partial charge in [-0.05, 0) is 48.0 Å². The van der Waals surface area contributed by atoms with E-state index in [2.05, 4.69) is 0 Å². The lowest BCUT2D eigenvalue weighted by Gasteiger charge is -2.47. The number of ketones is 2. The van der Waals surface area contributed by atoms with Gasteiger partial charge in [-0.2, -0.15) is 0 Å². The Morgan fingerprint density at radius 2 is 1.22 bits per heavy atom. The van der Waals surface area contributed by atoms with Crippen LogP contribution in [-0.4, -0.2) is 25.5 Å². The Morgan fingerprint density at radius 3 is 1.74 bits per heavy atom. The molecule has 0 amide bonds. The quantitative estimate of drug-likeness (QED) is 0.723. The van der Waals surface area contributed by atoms with Crippen LogP contribution in [-0.2, 0) is 9.59 Å². The summed E-state index contributed by atoms with van der Waals surface area (Å²) in [6, 6.07) is 8.14. The number of hydrogen-bond donors (Lipinski definition) is 0. The first-order valence-electron chi connectivity index (χ1n) is 9.38. The maximum Gasteiger partial charge on any atom is 0.352 e. The molecule has 6 unspecified atom stereocenters. The van der Waals surface area contributed by atoms with Crippen molar-refractivity contribution in [1.29, 1.82) is 0 Å². The summed E-state index contributed by atoms with van der Waals surface area (Å²) in [6.45, 7) is 0. The van der Waals surface area contributed by atoms with Crippen LogP contribution < -0.4 is 11.4 Å². The number of carbonyl (C=O) groups is 2. The van der Waals surface area contributed by atoms with E-state index in [-0.39, 0.29) is 41.4 Å². The minimum Gasteiger partial charge on any atom is -0.294 e.